The molecular weight excluding hydrogens is 230 g/mol. The summed E-state index contributed by atoms with van der Waals surface area (Å²) in [7, 11) is 0. The van der Waals surface area contributed by atoms with Crippen LogP contribution < -0.4 is 5.32 Å². The van der Waals surface area contributed by atoms with E-state index in [-0.39, 0.29) is 11.7 Å². The lowest BCUT2D eigenvalue weighted by Gasteiger charge is -2.15. The van der Waals surface area contributed by atoms with E-state index in [0.29, 0.717) is 0 Å². The van der Waals surface area contributed by atoms with E-state index in [1.807, 2.05) is 19.1 Å². The van der Waals surface area contributed by atoms with Gasteiger partial charge in [0.1, 0.15) is 0 Å². The lowest BCUT2D eigenvalue weighted by Crippen LogP contribution is -2.06. The van der Waals surface area contributed by atoms with Gasteiger partial charge < -0.3 is 5.32 Å². The molecule has 0 aliphatic rings. The molecule has 1 aromatic heterocycles. The molecule has 5 heteroatoms. The van der Waals surface area contributed by atoms with Crippen LogP contribution in [-0.2, 0) is 0 Å². The van der Waals surface area contributed by atoms with Crippen molar-refractivity contribution in [3.63, 3.8) is 0 Å². The molecule has 0 bridgehead atoms. The number of nitro groups is 1. The van der Waals surface area contributed by atoms with Gasteiger partial charge in [0, 0.05) is 30.6 Å². The van der Waals surface area contributed by atoms with E-state index in [9.17, 15) is 10.1 Å². The van der Waals surface area contributed by atoms with Crippen molar-refractivity contribution < 1.29 is 4.92 Å². The highest BCUT2D eigenvalue weighted by atomic mass is 16.6. The zero-order valence-corrected chi connectivity index (χ0v) is 9.91. The van der Waals surface area contributed by atoms with Crippen molar-refractivity contribution in [1.82, 2.24) is 4.98 Å². The maximum atomic E-state index is 10.6. The van der Waals surface area contributed by atoms with Gasteiger partial charge in [0.05, 0.1) is 10.6 Å². The first-order chi connectivity index (χ1) is 8.66. The van der Waals surface area contributed by atoms with Crippen LogP contribution in [0.3, 0.4) is 0 Å². The van der Waals surface area contributed by atoms with Crippen LogP contribution in [0.15, 0.2) is 48.8 Å². The van der Waals surface area contributed by atoms with Crippen LogP contribution in [0.4, 0.5) is 11.4 Å². The molecule has 5 nitrogen and oxygen atoms in total. The average molecular weight is 243 g/mol. The molecule has 0 fully saturated rings. The standard InChI is InChI=1S/C13H13N3O2/c1-10(15-12-3-2-8-14-9-12)11-4-6-13(7-5-11)16(17)18/h2-10,15H,1H3. The fourth-order valence-corrected chi connectivity index (χ4v) is 1.67. The Bertz CT molecular complexity index is 526. The fourth-order valence-electron chi connectivity index (χ4n) is 1.67. The van der Waals surface area contributed by atoms with Gasteiger partial charge in [0.15, 0.2) is 0 Å². The minimum absolute atomic E-state index is 0.0648. The Hall–Kier alpha value is -2.43. The number of benzene rings is 1. The first-order valence-corrected chi connectivity index (χ1v) is 5.58. The number of anilines is 1. The zero-order valence-electron chi connectivity index (χ0n) is 9.91. The number of nitrogens with one attached hydrogen (secondary N) is 1. The summed E-state index contributed by atoms with van der Waals surface area (Å²) in [6.45, 7) is 1.99. The molecule has 2 rings (SSSR count). The number of non-ortho nitro benzene ring substituents is 1. The highest BCUT2D eigenvalue weighted by molar-refractivity contribution is 5.43. The highest BCUT2D eigenvalue weighted by Crippen LogP contribution is 2.20. The number of pyridine rings is 1. The van der Waals surface area contributed by atoms with Crippen molar-refractivity contribution in [2.24, 2.45) is 0 Å². The van der Waals surface area contributed by atoms with Crippen LogP contribution in [0.25, 0.3) is 0 Å². The molecule has 0 saturated carbocycles. The molecule has 1 heterocycles. The summed E-state index contributed by atoms with van der Waals surface area (Å²) in [6, 6.07) is 10.4. The normalized spacial score (nSPS) is 11.8. The largest absolute Gasteiger partial charge is 0.377 e. The Kier molecular flexibility index (Phi) is 3.52. The van der Waals surface area contributed by atoms with E-state index < -0.39 is 4.92 Å². The smallest absolute Gasteiger partial charge is 0.269 e. The maximum Gasteiger partial charge on any atom is 0.269 e. The fraction of sp³-hybridized carbons (Fsp3) is 0.154. The van der Waals surface area contributed by atoms with Crippen LogP contribution in [0.1, 0.15) is 18.5 Å². The second kappa shape index (κ2) is 5.27. The molecule has 0 aliphatic carbocycles. The van der Waals surface area contributed by atoms with Crippen LogP contribution >= 0.6 is 0 Å². The topological polar surface area (TPSA) is 68.1 Å². The summed E-state index contributed by atoms with van der Waals surface area (Å²) < 4.78 is 0. The molecule has 0 radical (unpaired) electrons. The third kappa shape index (κ3) is 2.82. The average Bonchev–Trinajstić information content (AvgIpc) is 2.40. The Morgan fingerprint density at radius 2 is 2.00 bits per heavy atom. The van der Waals surface area contributed by atoms with Crippen molar-refractivity contribution >= 4 is 11.4 Å². The molecule has 2 aromatic rings. The monoisotopic (exact) mass is 243 g/mol. The number of nitro benzene ring substituents is 1. The van der Waals surface area contributed by atoms with Crippen molar-refractivity contribution in [3.05, 3.63) is 64.5 Å². The first-order valence-electron chi connectivity index (χ1n) is 5.58. The Labute approximate surface area is 105 Å². The molecule has 0 aliphatic heterocycles. The second-order valence-corrected chi connectivity index (χ2v) is 3.96. The highest BCUT2D eigenvalue weighted by Gasteiger charge is 2.08. The van der Waals surface area contributed by atoms with Gasteiger partial charge in [-0.25, -0.2) is 0 Å². The van der Waals surface area contributed by atoms with Crippen LogP contribution in [0.5, 0.6) is 0 Å². The minimum Gasteiger partial charge on any atom is -0.377 e. The molecule has 92 valence electrons. The molecule has 0 spiro atoms. The number of rotatable bonds is 4. The lowest BCUT2D eigenvalue weighted by atomic mass is 10.1. The van der Waals surface area contributed by atoms with Gasteiger partial charge in [0.25, 0.3) is 5.69 Å². The van der Waals surface area contributed by atoms with Crippen molar-refractivity contribution in [2.45, 2.75) is 13.0 Å². The summed E-state index contributed by atoms with van der Waals surface area (Å²) in [5.74, 6) is 0. The van der Waals surface area contributed by atoms with Gasteiger partial charge >= 0.3 is 0 Å². The van der Waals surface area contributed by atoms with Gasteiger partial charge in [-0.05, 0) is 24.6 Å². The number of hydrogen-bond donors (Lipinski definition) is 1. The molecule has 0 amide bonds. The predicted molar refractivity (Wildman–Crippen MR) is 69.4 cm³/mol. The first kappa shape index (κ1) is 12.0. The molecule has 0 saturated heterocycles. The molecule has 1 aromatic carbocycles. The van der Waals surface area contributed by atoms with Gasteiger partial charge in [-0.3, -0.25) is 15.1 Å². The molecule has 1 N–H and O–H groups in total. The van der Waals surface area contributed by atoms with E-state index in [4.69, 9.17) is 0 Å². The van der Waals surface area contributed by atoms with E-state index in [2.05, 4.69) is 10.3 Å². The quantitative estimate of drug-likeness (QED) is 0.661. The molecular formula is C13H13N3O2. The summed E-state index contributed by atoms with van der Waals surface area (Å²) >= 11 is 0. The summed E-state index contributed by atoms with van der Waals surface area (Å²) in [4.78, 5) is 14.2. The minimum atomic E-state index is -0.400. The zero-order chi connectivity index (χ0) is 13.0. The van der Waals surface area contributed by atoms with Crippen molar-refractivity contribution in [1.29, 1.82) is 0 Å². The van der Waals surface area contributed by atoms with Crippen LogP contribution in [0, 0.1) is 10.1 Å². The number of hydrogen-bond acceptors (Lipinski definition) is 4. The summed E-state index contributed by atoms with van der Waals surface area (Å²) in [5.41, 5.74) is 2.01. The third-order valence-electron chi connectivity index (χ3n) is 2.65. The Morgan fingerprint density at radius 1 is 1.28 bits per heavy atom. The lowest BCUT2D eigenvalue weighted by molar-refractivity contribution is -0.384. The number of nitrogens with zero attached hydrogens (tertiary/aromatic N) is 2. The predicted octanol–water partition coefficient (Wildman–Crippen LogP) is 3.16. The Balaban J connectivity index is 2.09. The number of aromatic nitrogens is 1. The third-order valence-corrected chi connectivity index (χ3v) is 2.65. The van der Waals surface area contributed by atoms with Gasteiger partial charge in [-0.15, -0.1) is 0 Å². The summed E-state index contributed by atoms with van der Waals surface area (Å²) in [6.07, 6.45) is 3.45. The molecule has 1 unspecified atom stereocenters. The van der Waals surface area contributed by atoms with E-state index in [1.165, 1.54) is 12.1 Å². The van der Waals surface area contributed by atoms with E-state index in [0.717, 1.165) is 11.3 Å². The molecule has 18 heavy (non-hydrogen) atoms. The van der Waals surface area contributed by atoms with Crippen molar-refractivity contribution in [3.8, 4) is 0 Å². The maximum absolute atomic E-state index is 10.6. The van der Waals surface area contributed by atoms with Gasteiger partial charge in [0.2, 0.25) is 0 Å². The van der Waals surface area contributed by atoms with E-state index in [1.54, 1.807) is 24.5 Å². The van der Waals surface area contributed by atoms with Crippen LogP contribution in [-0.4, -0.2) is 9.91 Å². The van der Waals surface area contributed by atoms with Crippen LogP contribution in [0.2, 0.25) is 0 Å². The van der Waals surface area contributed by atoms with Gasteiger partial charge in [-0.1, -0.05) is 12.1 Å². The van der Waals surface area contributed by atoms with Gasteiger partial charge in [-0.2, -0.15) is 0 Å². The Morgan fingerprint density at radius 3 is 2.56 bits per heavy atom. The van der Waals surface area contributed by atoms with Crippen molar-refractivity contribution in [2.75, 3.05) is 5.32 Å². The summed E-state index contributed by atoms with van der Waals surface area (Å²) in [5, 5.41) is 13.8. The van der Waals surface area contributed by atoms with E-state index >= 15 is 0 Å². The molecule has 1 atom stereocenters. The SMILES string of the molecule is CC(Nc1cccnc1)c1ccc([N+](=O)[O-])cc1. The second-order valence-electron chi connectivity index (χ2n) is 3.96.